The van der Waals surface area contributed by atoms with Gasteiger partial charge in [0.15, 0.2) is 0 Å². The van der Waals surface area contributed by atoms with E-state index in [4.69, 9.17) is 0 Å². The molecule has 2 aromatic carbocycles. The maximum absolute atomic E-state index is 13.6. The molecule has 2 aromatic rings. The van der Waals surface area contributed by atoms with Crippen molar-refractivity contribution in [3.63, 3.8) is 0 Å². The van der Waals surface area contributed by atoms with Crippen molar-refractivity contribution in [2.75, 3.05) is 0 Å². The van der Waals surface area contributed by atoms with Gasteiger partial charge < -0.3 is 0 Å². The monoisotopic (exact) mass is 408 g/mol. The van der Waals surface area contributed by atoms with Gasteiger partial charge in [0, 0.05) is 11.1 Å². The molecule has 0 amide bonds. The Balaban J connectivity index is 2.48. The van der Waals surface area contributed by atoms with Gasteiger partial charge in [-0.05, 0) is 56.1 Å². The summed E-state index contributed by atoms with van der Waals surface area (Å²) in [6, 6.07) is 4.59. The Hall–Kier alpha value is -0.790. The summed E-state index contributed by atoms with van der Waals surface area (Å²) in [6.07, 6.45) is 0. The normalized spacial score (nSPS) is 15.2. The lowest BCUT2D eigenvalue weighted by Crippen LogP contribution is -1.97. The van der Waals surface area contributed by atoms with E-state index < -0.39 is 21.5 Å². The highest BCUT2D eigenvalue weighted by Gasteiger charge is 2.35. The van der Waals surface area contributed by atoms with Gasteiger partial charge in [-0.1, -0.05) is 0 Å². The molecule has 7 heteroatoms. The van der Waals surface area contributed by atoms with Crippen LogP contribution in [0.15, 0.2) is 43.0 Å². The zero-order chi connectivity index (χ0) is 13.9. The summed E-state index contributed by atoms with van der Waals surface area (Å²) in [5.41, 5.74) is 0.365. The predicted molar refractivity (Wildman–Crippen MR) is 72.6 cm³/mol. The third-order valence-corrected chi connectivity index (χ3v) is 5.96. The van der Waals surface area contributed by atoms with E-state index in [0.29, 0.717) is 0 Å². The van der Waals surface area contributed by atoms with Gasteiger partial charge in [-0.3, -0.25) is 0 Å². The molecule has 1 aliphatic heterocycles. The number of benzene rings is 2. The fourth-order valence-corrected chi connectivity index (χ4v) is 4.73. The van der Waals surface area contributed by atoms with Crippen molar-refractivity contribution in [1.29, 1.82) is 0 Å². The number of halogens is 4. The first-order valence-corrected chi connectivity index (χ1v) is 8.13. The summed E-state index contributed by atoms with van der Waals surface area (Å²) in [5.74, 6) is -1.18. The van der Waals surface area contributed by atoms with Crippen LogP contribution in [0.3, 0.4) is 0 Å². The molecule has 0 saturated heterocycles. The van der Waals surface area contributed by atoms with Gasteiger partial charge in [0.2, 0.25) is 9.84 Å². The molecule has 0 saturated carbocycles. The smallest absolute Gasteiger partial charge is 0.207 e. The van der Waals surface area contributed by atoms with Crippen molar-refractivity contribution >= 4 is 41.7 Å². The van der Waals surface area contributed by atoms with Crippen molar-refractivity contribution < 1.29 is 17.2 Å². The molecule has 19 heavy (non-hydrogen) atoms. The average Bonchev–Trinajstić information content (AvgIpc) is 2.52. The Morgan fingerprint density at radius 1 is 0.789 bits per heavy atom. The molecular formula is C12H4Br2F2O2S. The Bertz CT molecular complexity index is 769. The number of sulfone groups is 1. The minimum Gasteiger partial charge on any atom is -0.218 e. The zero-order valence-corrected chi connectivity index (χ0v) is 13.0. The van der Waals surface area contributed by atoms with Crippen LogP contribution in [0.4, 0.5) is 8.78 Å². The van der Waals surface area contributed by atoms with Gasteiger partial charge in [-0.25, -0.2) is 17.2 Å². The zero-order valence-electron chi connectivity index (χ0n) is 9.05. The van der Waals surface area contributed by atoms with Crippen LogP contribution in [0.1, 0.15) is 0 Å². The molecule has 0 fully saturated rings. The lowest BCUT2D eigenvalue weighted by Gasteiger charge is -2.01. The van der Waals surface area contributed by atoms with E-state index in [1.807, 2.05) is 0 Å². The van der Waals surface area contributed by atoms with Gasteiger partial charge in [0.1, 0.15) is 11.6 Å². The Labute approximate surface area is 124 Å². The number of hydrogen-bond acceptors (Lipinski definition) is 2. The molecule has 0 spiro atoms. The minimum absolute atomic E-state index is 0.0201. The SMILES string of the molecule is O=S1(=O)c2cc(Br)c(F)cc2-c2cc(F)c(Br)cc21. The van der Waals surface area contributed by atoms with Crippen molar-refractivity contribution in [3.8, 4) is 11.1 Å². The van der Waals surface area contributed by atoms with Crippen LogP contribution in [0, 0.1) is 11.6 Å². The highest BCUT2D eigenvalue weighted by Crippen LogP contribution is 2.46. The molecule has 0 aliphatic carbocycles. The predicted octanol–water partition coefficient (Wildman–Crippen LogP) is 4.30. The standard InChI is InChI=1S/C12H4Br2F2O2S/c13-7-3-11-5(1-9(7)15)6-2-10(16)8(14)4-12(6)19(11,17)18/h1-4H. The second-order valence-corrected chi connectivity index (χ2v) is 7.62. The first kappa shape index (κ1) is 13.2. The number of fused-ring (bicyclic) bond motifs is 3. The highest BCUT2D eigenvalue weighted by molar-refractivity contribution is 9.10. The van der Waals surface area contributed by atoms with Crippen molar-refractivity contribution in [2.24, 2.45) is 0 Å². The maximum atomic E-state index is 13.6. The number of rotatable bonds is 0. The Kier molecular flexibility index (Phi) is 2.85. The van der Waals surface area contributed by atoms with Gasteiger partial charge in [-0.15, -0.1) is 0 Å². The molecule has 98 valence electrons. The molecule has 1 aliphatic rings. The first-order valence-electron chi connectivity index (χ1n) is 5.06. The van der Waals surface area contributed by atoms with Crippen LogP contribution in [0.2, 0.25) is 0 Å². The van der Waals surface area contributed by atoms with E-state index >= 15 is 0 Å². The molecule has 0 unspecified atom stereocenters. The topological polar surface area (TPSA) is 34.1 Å². The van der Waals surface area contributed by atoms with Gasteiger partial charge >= 0.3 is 0 Å². The molecular weight excluding hydrogens is 406 g/mol. The third-order valence-electron chi connectivity index (χ3n) is 2.91. The van der Waals surface area contributed by atoms with E-state index in [-0.39, 0.29) is 29.9 Å². The second-order valence-electron chi connectivity index (χ2n) is 4.03. The molecule has 0 atom stereocenters. The molecule has 0 N–H and O–H groups in total. The van der Waals surface area contributed by atoms with Crippen LogP contribution in [0.5, 0.6) is 0 Å². The van der Waals surface area contributed by atoms with Crippen molar-refractivity contribution in [2.45, 2.75) is 9.79 Å². The number of hydrogen-bond donors (Lipinski definition) is 0. The fourth-order valence-electron chi connectivity index (χ4n) is 2.04. The second kappa shape index (κ2) is 4.10. The van der Waals surface area contributed by atoms with Crippen LogP contribution in [-0.4, -0.2) is 8.42 Å². The van der Waals surface area contributed by atoms with E-state index in [1.54, 1.807) is 0 Å². The maximum Gasteiger partial charge on any atom is 0.207 e. The summed E-state index contributed by atoms with van der Waals surface area (Å²) < 4.78 is 51.9. The molecule has 0 bridgehead atoms. The summed E-state index contributed by atoms with van der Waals surface area (Å²) >= 11 is 5.90. The first-order chi connectivity index (χ1) is 8.82. The summed E-state index contributed by atoms with van der Waals surface area (Å²) in [6.45, 7) is 0. The summed E-state index contributed by atoms with van der Waals surface area (Å²) in [7, 11) is -3.74. The lowest BCUT2D eigenvalue weighted by molar-refractivity contribution is 0.596. The van der Waals surface area contributed by atoms with Crippen molar-refractivity contribution in [3.05, 3.63) is 44.8 Å². The van der Waals surface area contributed by atoms with Gasteiger partial charge in [0.05, 0.1) is 18.7 Å². The van der Waals surface area contributed by atoms with Gasteiger partial charge in [0.25, 0.3) is 0 Å². The van der Waals surface area contributed by atoms with Gasteiger partial charge in [-0.2, -0.15) is 0 Å². The summed E-state index contributed by atoms with van der Waals surface area (Å²) in [4.78, 5) is -0.0402. The van der Waals surface area contributed by atoms with E-state index in [9.17, 15) is 17.2 Å². The Morgan fingerprint density at radius 2 is 1.16 bits per heavy atom. The van der Waals surface area contributed by atoms with Crippen LogP contribution >= 0.6 is 31.9 Å². The molecule has 2 nitrogen and oxygen atoms in total. The quantitative estimate of drug-likeness (QED) is 0.518. The van der Waals surface area contributed by atoms with E-state index in [2.05, 4.69) is 31.9 Å². The van der Waals surface area contributed by atoms with Crippen LogP contribution < -0.4 is 0 Å². The van der Waals surface area contributed by atoms with Crippen molar-refractivity contribution in [1.82, 2.24) is 0 Å². The van der Waals surface area contributed by atoms with Crippen LogP contribution in [0.25, 0.3) is 11.1 Å². The Morgan fingerprint density at radius 3 is 1.53 bits per heavy atom. The average molecular weight is 410 g/mol. The molecule has 0 radical (unpaired) electrons. The fraction of sp³-hybridized carbons (Fsp3) is 0. The minimum atomic E-state index is -3.74. The van der Waals surface area contributed by atoms with E-state index in [1.165, 1.54) is 12.1 Å². The molecule has 0 aromatic heterocycles. The molecule has 1 heterocycles. The molecule has 3 rings (SSSR count). The van der Waals surface area contributed by atoms with E-state index in [0.717, 1.165) is 12.1 Å². The van der Waals surface area contributed by atoms with Crippen LogP contribution in [-0.2, 0) is 9.84 Å². The third kappa shape index (κ3) is 1.79. The summed E-state index contributed by atoms with van der Waals surface area (Å²) in [5, 5.41) is 0. The highest BCUT2D eigenvalue weighted by atomic mass is 79.9. The largest absolute Gasteiger partial charge is 0.218 e. The lowest BCUT2D eigenvalue weighted by atomic mass is 10.1.